The molecule has 3 nitrogen and oxygen atoms in total. The number of carbonyl (C=O) groups is 1. The van der Waals surface area contributed by atoms with E-state index in [0.29, 0.717) is 0 Å². The van der Waals surface area contributed by atoms with Gasteiger partial charge >= 0.3 is 5.97 Å². The lowest BCUT2D eigenvalue weighted by molar-refractivity contribution is -0.131. The molecule has 0 fully saturated rings. The lowest BCUT2D eigenvalue weighted by atomic mass is 10.5. The van der Waals surface area contributed by atoms with Crippen molar-refractivity contribution in [1.29, 1.82) is 0 Å². The van der Waals surface area contributed by atoms with Crippen LogP contribution < -0.4 is 5.73 Å². The van der Waals surface area contributed by atoms with Gasteiger partial charge in [0.2, 0.25) is 0 Å². The molecule has 2 N–H and O–H groups in total. The maximum absolute atomic E-state index is 9.59. The standard InChI is InChI=1S/C4H6NO2/c5-3-1-2-4(6)7/h1-2,5H,3H2,(H,6,7)/b2-1-. The van der Waals surface area contributed by atoms with Gasteiger partial charge in [0, 0.05) is 12.6 Å². The van der Waals surface area contributed by atoms with Gasteiger partial charge in [0.1, 0.15) is 0 Å². The zero-order chi connectivity index (χ0) is 5.70. The Kier molecular flexibility index (Phi) is 2.96. The Morgan fingerprint density at radius 3 is 2.57 bits per heavy atom. The fourth-order valence-corrected chi connectivity index (χ4v) is 0.160. The second kappa shape index (κ2) is 3.36. The Morgan fingerprint density at radius 2 is 2.43 bits per heavy atom. The lowest BCUT2D eigenvalue weighted by Gasteiger charge is -1.73. The third kappa shape index (κ3) is 5.17. The molecule has 0 aliphatic heterocycles. The zero-order valence-corrected chi connectivity index (χ0v) is 3.72. The van der Waals surface area contributed by atoms with Crippen molar-refractivity contribution in [3.8, 4) is 0 Å². The van der Waals surface area contributed by atoms with Gasteiger partial charge in [-0.3, -0.25) is 5.73 Å². The number of carboxylic acid groups (broad SMARTS) is 1. The Labute approximate surface area is 41.4 Å². The monoisotopic (exact) mass is 100 g/mol. The first-order valence-electron chi connectivity index (χ1n) is 1.81. The number of carboxylic acids is 1. The fraction of sp³-hybridized carbons (Fsp3) is 0.250. The first-order valence-corrected chi connectivity index (χ1v) is 1.81. The summed E-state index contributed by atoms with van der Waals surface area (Å²) < 4.78 is 0. The van der Waals surface area contributed by atoms with Crippen LogP contribution in [-0.2, 0) is 4.79 Å². The maximum atomic E-state index is 9.59. The minimum Gasteiger partial charge on any atom is -0.478 e. The van der Waals surface area contributed by atoms with E-state index >= 15 is 0 Å². The van der Waals surface area contributed by atoms with E-state index < -0.39 is 5.97 Å². The summed E-state index contributed by atoms with van der Waals surface area (Å²) in [5.74, 6) is -0.993. The van der Waals surface area contributed by atoms with E-state index in [4.69, 9.17) is 10.8 Å². The second-order valence-corrected chi connectivity index (χ2v) is 0.945. The molecule has 0 aliphatic rings. The second-order valence-electron chi connectivity index (χ2n) is 0.945. The fourth-order valence-electron chi connectivity index (χ4n) is 0.160. The van der Waals surface area contributed by atoms with Gasteiger partial charge < -0.3 is 5.11 Å². The van der Waals surface area contributed by atoms with Crippen molar-refractivity contribution in [1.82, 2.24) is 5.73 Å². The van der Waals surface area contributed by atoms with E-state index in [9.17, 15) is 4.79 Å². The lowest BCUT2D eigenvalue weighted by Crippen LogP contribution is -1.87. The van der Waals surface area contributed by atoms with Crippen LogP contribution in [0.15, 0.2) is 12.2 Å². The highest BCUT2D eigenvalue weighted by Gasteiger charge is 1.79. The summed E-state index contributed by atoms with van der Waals surface area (Å²) in [4.78, 5) is 9.59. The summed E-state index contributed by atoms with van der Waals surface area (Å²) in [7, 11) is 0. The van der Waals surface area contributed by atoms with E-state index in [-0.39, 0.29) is 6.54 Å². The van der Waals surface area contributed by atoms with E-state index in [1.165, 1.54) is 6.08 Å². The van der Waals surface area contributed by atoms with Crippen molar-refractivity contribution in [3.05, 3.63) is 12.2 Å². The molecule has 7 heavy (non-hydrogen) atoms. The number of hydrogen-bond donors (Lipinski definition) is 1. The van der Waals surface area contributed by atoms with E-state index in [1.54, 1.807) is 0 Å². The van der Waals surface area contributed by atoms with Crippen LogP contribution in [0.4, 0.5) is 0 Å². The maximum Gasteiger partial charge on any atom is 0.328 e. The Morgan fingerprint density at radius 1 is 1.86 bits per heavy atom. The summed E-state index contributed by atoms with van der Waals surface area (Å²) >= 11 is 0. The smallest absolute Gasteiger partial charge is 0.328 e. The predicted molar refractivity (Wildman–Crippen MR) is 24.7 cm³/mol. The van der Waals surface area contributed by atoms with Crippen molar-refractivity contribution >= 4 is 5.97 Å². The number of hydrogen-bond acceptors (Lipinski definition) is 1. The molecule has 0 aromatic rings. The van der Waals surface area contributed by atoms with Gasteiger partial charge in [-0.1, -0.05) is 6.08 Å². The van der Waals surface area contributed by atoms with Crippen LogP contribution in [0, 0.1) is 0 Å². The molecule has 1 radical (unpaired) electrons. The van der Waals surface area contributed by atoms with Crippen LogP contribution in [0.1, 0.15) is 0 Å². The number of rotatable bonds is 2. The van der Waals surface area contributed by atoms with E-state index in [1.807, 2.05) is 0 Å². The molecule has 0 spiro atoms. The van der Waals surface area contributed by atoms with Gasteiger partial charge in [0.05, 0.1) is 0 Å². The average molecular weight is 100 g/mol. The number of aliphatic carboxylic acids is 1. The van der Waals surface area contributed by atoms with Gasteiger partial charge in [-0.05, 0) is 0 Å². The molecule has 39 valence electrons. The van der Waals surface area contributed by atoms with E-state index in [0.717, 1.165) is 6.08 Å². The topological polar surface area (TPSA) is 61.1 Å². The van der Waals surface area contributed by atoms with Crippen LogP contribution in [0.25, 0.3) is 0 Å². The number of nitrogens with one attached hydrogen (secondary N) is 1. The van der Waals surface area contributed by atoms with Crippen molar-refractivity contribution in [3.63, 3.8) is 0 Å². The molecule has 3 heteroatoms. The van der Waals surface area contributed by atoms with Crippen LogP contribution in [0.3, 0.4) is 0 Å². The highest BCUT2D eigenvalue weighted by molar-refractivity contribution is 5.79. The zero-order valence-electron chi connectivity index (χ0n) is 3.72. The van der Waals surface area contributed by atoms with Crippen molar-refractivity contribution < 1.29 is 9.90 Å². The summed E-state index contributed by atoms with van der Waals surface area (Å²) in [5, 5.41) is 7.87. The van der Waals surface area contributed by atoms with E-state index in [2.05, 4.69) is 0 Å². The Bertz CT molecular complexity index is 87.7. The predicted octanol–water partition coefficient (Wildman–Crippen LogP) is -0.0899. The third-order valence-electron chi connectivity index (χ3n) is 0.378. The van der Waals surface area contributed by atoms with Gasteiger partial charge in [-0.15, -0.1) is 0 Å². The summed E-state index contributed by atoms with van der Waals surface area (Å²) in [5.41, 5.74) is 6.45. The molecule has 0 bridgehead atoms. The molecule has 0 unspecified atom stereocenters. The molecule has 0 heterocycles. The molecule has 0 aliphatic carbocycles. The quantitative estimate of drug-likeness (QED) is 0.493. The van der Waals surface area contributed by atoms with Gasteiger partial charge in [-0.25, -0.2) is 4.79 Å². The third-order valence-corrected chi connectivity index (χ3v) is 0.378. The van der Waals surface area contributed by atoms with Crippen LogP contribution >= 0.6 is 0 Å². The molecule has 0 rings (SSSR count). The van der Waals surface area contributed by atoms with Gasteiger partial charge in [0.25, 0.3) is 0 Å². The largest absolute Gasteiger partial charge is 0.478 e. The molecule has 0 saturated heterocycles. The van der Waals surface area contributed by atoms with Crippen molar-refractivity contribution in [2.24, 2.45) is 0 Å². The summed E-state index contributed by atoms with van der Waals surface area (Å²) in [6.07, 6.45) is 2.22. The van der Waals surface area contributed by atoms with Crippen LogP contribution in [0.2, 0.25) is 0 Å². The summed E-state index contributed by atoms with van der Waals surface area (Å²) in [6.45, 7) is 0.0340. The SMILES string of the molecule is [NH]C/C=C\C(=O)O. The summed E-state index contributed by atoms with van der Waals surface area (Å²) in [6, 6.07) is 0. The average Bonchev–Trinajstić information content (AvgIpc) is 1.61. The van der Waals surface area contributed by atoms with Crippen LogP contribution in [-0.4, -0.2) is 17.6 Å². The first-order chi connectivity index (χ1) is 3.27. The molecule has 0 amide bonds. The van der Waals surface area contributed by atoms with Crippen molar-refractivity contribution in [2.75, 3.05) is 6.54 Å². The highest BCUT2D eigenvalue weighted by Crippen LogP contribution is 1.66. The molecule has 0 atom stereocenters. The molecular formula is C4H6NO2. The Balaban J connectivity index is 3.26. The first kappa shape index (κ1) is 6.17. The Hall–Kier alpha value is -0.830. The molecule has 0 aromatic heterocycles. The van der Waals surface area contributed by atoms with Crippen LogP contribution in [0.5, 0.6) is 0 Å². The van der Waals surface area contributed by atoms with Crippen molar-refractivity contribution in [2.45, 2.75) is 0 Å². The highest BCUT2D eigenvalue weighted by atomic mass is 16.4. The molecule has 0 aromatic carbocycles. The minimum atomic E-state index is -0.993. The van der Waals surface area contributed by atoms with Gasteiger partial charge in [-0.2, -0.15) is 0 Å². The normalized spacial score (nSPS) is 9.86. The molecular weight excluding hydrogens is 94.0 g/mol. The van der Waals surface area contributed by atoms with Gasteiger partial charge in [0.15, 0.2) is 0 Å². The molecule has 0 saturated carbocycles. The minimum absolute atomic E-state index is 0.0340.